The summed E-state index contributed by atoms with van der Waals surface area (Å²) in [6.07, 6.45) is 6.33. The zero-order valence-corrected chi connectivity index (χ0v) is 12.2. The summed E-state index contributed by atoms with van der Waals surface area (Å²) >= 11 is 0. The van der Waals surface area contributed by atoms with Gasteiger partial charge in [-0.25, -0.2) is 0 Å². The number of amides is 1. The van der Waals surface area contributed by atoms with Gasteiger partial charge in [0.05, 0.1) is 5.60 Å². The lowest BCUT2D eigenvalue weighted by molar-refractivity contribution is -0.140. The fourth-order valence-electron chi connectivity index (χ4n) is 3.25. The first-order valence-corrected chi connectivity index (χ1v) is 8.00. The van der Waals surface area contributed by atoms with Crippen molar-refractivity contribution < 1.29 is 14.3 Å². The molecule has 3 rings (SSSR count). The third-order valence-corrected chi connectivity index (χ3v) is 4.70. The van der Waals surface area contributed by atoms with Crippen molar-refractivity contribution in [3.05, 3.63) is 0 Å². The lowest BCUT2D eigenvalue weighted by atomic mass is 9.84. The van der Waals surface area contributed by atoms with Crippen LogP contribution in [-0.4, -0.2) is 50.5 Å². The van der Waals surface area contributed by atoms with Crippen molar-refractivity contribution in [1.82, 2.24) is 10.6 Å². The van der Waals surface area contributed by atoms with Gasteiger partial charge in [0.2, 0.25) is 5.91 Å². The van der Waals surface area contributed by atoms with Gasteiger partial charge in [0.15, 0.2) is 0 Å². The van der Waals surface area contributed by atoms with E-state index in [-0.39, 0.29) is 11.5 Å². The van der Waals surface area contributed by atoms with E-state index < -0.39 is 0 Å². The molecule has 5 heteroatoms. The summed E-state index contributed by atoms with van der Waals surface area (Å²) in [6.45, 7) is 4.08. The molecule has 1 aliphatic carbocycles. The molecule has 2 N–H and O–H groups in total. The summed E-state index contributed by atoms with van der Waals surface area (Å²) in [4.78, 5) is 11.5. The van der Waals surface area contributed by atoms with Crippen LogP contribution < -0.4 is 10.6 Å². The summed E-state index contributed by atoms with van der Waals surface area (Å²) < 4.78 is 11.5. The van der Waals surface area contributed by atoms with Gasteiger partial charge in [0.1, 0.15) is 0 Å². The van der Waals surface area contributed by atoms with Gasteiger partial charge in [0, 0.05) is 44.9 Å². The number of hydrogen-bond donors (Lipinski definition) is 2. The van der Waals surface area contributed by atoms with Gasteiger partial charge in [-0.1, -0.05) is 0 Å². The average molecular weight is 282 g/mol. The van der Waals surface area contributed by atoms with E-state index in [1.807, 2.05) is 0 Å². The molecule has 114 valence electrons. The van der Waals surface area contributed by atoms with Gasteiger partial charge >= 0.3 is 0 Å². The largest absolute Gasteiger partial charge is 0.381 e. The van der Waals surface area contributed by atoms with Gasteiger partial charge in [-0.3, -0.25) is 4.79 Å². The maximum absolute atomic E-state index is 11.5. The minimum absolute atomic E-state index is 0.0471. The van der Waals surface area contributed by atoms with E-state index in [9.17, 15) is 4.79 Å². The third kappa shape index (κ3) is 3.71. The van der Waals surface area contributed by atoms with E-state index in [4.69, 9.17) is 9.47 Å². The quantitative estimate of drug-likeness (QED) is 0.733. The number of nitrogens with one attached hydrogen (secondary N) is 2. The molecule has 0 bridgehead atoms. The fraction of sp³-hybridized carbons (Fsp3) is 0.933. The molecule has 1 saturated carbocycles. The normalized spacial score (nSPS) is 29.3. The van der Waals surface area contributed by atoms with Crippen LogP contribution in [0.3, 0.4) is 0 Å². The van der Waals surface area contributed by atoms with Crippen LogP contribution in [0.15, 0.2) is 0 Å². The Balaban J connectivity index is 1.35. The maximum Gasteiger partial charge on any atom is 0.223 e. The molecule has 0 aromatic carbocycles. The monoisotopic (exact) mass is 282 g/mol. The predicted molar refractivity (Wildman–Crippen MR) is 75.5 cm³/mol. The molecule has 1 spiro atoms. The Morgan fingerprint density at radius 2 is 1.90 bits per heavy atom. The molecule has 1 amide bonds. The number of carbonyl (C=O) groups is 1. The highest BCUT2D eigenvalue weighted by atomic mass is 16.5. The van der Waals surface area contributed by atoms with Crippen LogP contribution in [0.4, 0.5) is 0 Å². The van der Waals surface area contributed by atoms with Crippen molar-refractivity contribution in [2.45, 2.75) is 50.2 Å². The van der Waals surface area contributed by atoms with Gasteiger partial charge in [0.25, 0.3) is 0 Å². The minimum Gasteiger partial charge on any atom is -0.381 e. The molecule has 2 saturated heterocycles. The molecule has 5 nitrogen and oxygen atoms in total. The zero-order chi connectivity index (χ0) is 13.8. The van der Waals surface area contributed by atoms with Crippen molar-refractivity contribution in [2.24, 2.45) is 5.92 Å². The molecule has 1 atom stereocenters. The topological polar surface area (TPSA) is 59.6 Å². The van der Waals surface area contributed by atoms with Crippen molar-refractivity contribution in [2.75, 3.05) is 32.9 Å². The Labute approximate surface area is 120 Å². The molecule has 1 unspecified atom stereocenters. The number of rotatable bonds is 5. The highest BCUT2D eigenvalue weighted by Crippen LogP contribution is 2.34. The average Bonchev–Trinajstić information content (AvgIpc) is 3.29. The first kappa shape index (κ1) is 14.3. The van der Waals surface area contributed by atoms with E-state index in [1.54, 1.807) is 0 Å². The van der Waals surface area contributed by atoms with Gasteiger partial charge in [-0.15, -0.1) is 0 Å². The van der Waals surface area contributed by atoms with E-state index in [0.29, 0.717) is 12.0 Å². The van der Waals surface area contributed by atoms with E-state index >= 15 is 0 Å². The van der Waals surface area contributed by atoms with E-state index in [2.05, 4.69) is 10.6 Å². The second-order valence-corrected chi connectivity index (χ2v) is 6.35. The van der Waals surface area contributed by atoms with Crippen molar-refractivity contribution in [1.29, 1.82) is 0 Å². The molecular formula is C15H26N2O3. The molecule has 0 aromatic heterocycles. The van der Waals surface area contributed by atoms with Gasteiger partial charge in [-0.05, 0) is 38.5 Å². The van der Waals surface area contributed by atoms with Crippen LogP contribution in [-0.2, 0) is 14.3 Å². The van der Waals surface area contributed by atoms with Crippen LogP contribution in [0.1, 0.15) is 38.5 Å². The summed E-state index contributed by atoms with van der Waals surface area (Å²) in [7, 11) is 0. The Bertz CT molecular complexity index is 333. The maximum atomic E-state index is 11.5. The highest BCUT2D eigenvalue weighted by molar-refractivity contribution is 5.80. The summed E-state index contributed by atoms with van der Waals surface area (Å²) in [6, 6.07) is 0.514. The molecule has 3 aliphatic rings. The summed E-state index contributed by atoms with van der Waals surface area (Å²) in [5.41, 5.74) is 0.0471. The van der Waals surface area contributed by atoms with Gasteiger partial charge in [-0.2, -0.15) is 0 Å². The standard InChI is InChI=1S/C15H26N2O3/c18-14(12-1-2-12)17-7-6-16-13-3-8-20-15(11-13)4-9-19-10-5-15/h12-13,16H,1-11H2,(H,17,18). The predicted octanol–water partition coefficient (Wildman–Crippen LogP) is 0.830. The Hall–Kier alpha value is -0.650. The molecule has 0 radical (unpaired) electrons. The third-order valence-electron chi connectivity index (χ3n) is 4.70. The Morgan fingerprint density at radius 1 is 1.10 bits per heavy atom. The zero-order valence-electron chi connectivity index (χ0n) is 12.2. The second kappa shape index (κ2) is 6.41. The Morgan fingerprint density at radius 3 is 2.65 bits per heavy atom. The first-order chi connectivity index (χ1) is 9.77. The Kier molecular flexibility index (Phi) is 4.58. The van der Waals surface area contributed by atoms with Crippen molar-refractivity contribution in [3.63, 3.8) is 0 Å². The van der Waals surface area contributed by atoms with E-state index in [1.165, 1.54) is 0 Å². The van der Waals surface area contributed by atoms with Crippen LogP contribution >= 0.6 is 0 Å². The van der Waals surface area contributed by atoms with Crippen LogP contribution in [0.5, 0.6) is 0 Å². The lowest BCUT2D eigenvalue weighted by Crippen LogP contribution is -2.50. The molecule has 2 heterocycles. The number of carbonyl (C=O) groups excluding carboxylic acids is 1. The molecule has 0 aromatic rings. The van der Waals surface area contributed by atoms with E-state index in [0.717, 1.165) is 71.4 Å². The second-order valence-electron chi connectivity index (χ2n) is 6.35. The minimum atomic E-state index is 0.0471. The summed E-state index contributed by atoms with van der Waals surface area (Å²) in [5, 5.41) is 6.57. The molecule has 2 aliphatic heterocycles. The van der Waals surface area contributed by atoms with Crippen LogP contribution in [0.25, 0.3) is 0 Å². The number of hydrogen-bond acceptors (Lipinski definition) is 4. The summed E-state index contributed by atoms with van der Waals surface area (Å²) in [5.74, 6) is 0.545. The first-order valence-electron chi connectivity index (χ1n) is 8.00. The van der Waals surface area contributed by atoms with Crippen molar-refractivity contribution >= 4 is 5.91 Å². The number of ether oxygens (including phenoxy) is 2. The molecule has 3 fully saturated rings. The highest BCUT2D eigenvalue weighted by Gasteiger charge is 2.38. The SMILES string of the molecule is O=C(NCCNC1CCOC2(CCOCC2)C1)C1CC1. The molecular weight excluding hydrogens is 256 g/mol. The van der Waals surface area contributed by atoms with Crippen molar-refractivity contribution in [3.8, 4) is 0 Å². The molecule has 20 heavy (non-hydrogen) atoms. The fourth-order valence-corrected chi connectivity index (χ4v) is 3.25. The van der Waals surface area contributed by atoms with Gasteiger partial charge < -0.3 is 20.1 Å². The van der Waals surface area contributed by atoms with Crippen LogP contribution in [0, 0.1) is 5.92 Å². The smallest absolute Gasteiger partial charge is 0.223 e. The van der Waals surface area contributed by atoms with Crippen LogP contribution in [0.2, 0.25) is 0 Å². The lowest BCUT2D eigenvalue weighted by Gasteiger charge is -2.43.